The lowest BCUT2D eigenvalue weighted by atomic mass is 10.1. The van der Waals surface area contributed by atoms with Crippen molar-refractivity contribution in [1.29, 1.82) is 0 Å². The Morgan fingerprint density at radius 1 is 1.35 bits per heavy atom. The Hall–Kier alpha value is -1.75. The molecule has 5 nitrogen and oxygen atoms in total. The molecule has 0 aliphatic carbocycles. The number of hydrogen-bond acceptors (Lipinski definition) is 4. The Balaban J connectivity index is 2.72. The molecule has 1 rings (SSSR count). The van der Waals surface area contributed by atoms with Gasteiger partial charge >= 0.3 is 0 Å². The zero-order valence-corrected chi connectivity index (χ0v) is 12.7. The highest BCUT2D eigenvalue weighted by atomic mass is 16.5. The molecule has 0 aliphatic heterocycles. The van der Waals surface area contributed by atoms with Crippen LogP contribution in [0.4, 0.5) is 0 Å². The van der Waals surface area contributed by atoms with Gasteiger partial charge in [0, 0.05) is 11.6 Å². The number of nitrogens with two attached hydrogens (primary N) is 1. The molecule has 0 spiro atoms. The highest BCUT2D eigenvalue weighted by molar-refractivity contribution is 5.78. The van der Waals surface area contributed by atoms with Crippen LogP contribution in [-0.4, -0.2) is 31.7 Å². The van der Waals surface area contributed by atoms with Crippen LogP contribution < -0.4 is 20.5 Å². The van der Waals surface area contributed by atoms with Gasteiger partial charge in [-0.05, 0) is 45.4 Å². The molecule has 3 N–H and O–H groups in total. The topological polar surface area (TPSA) is 73.6 Å². The molecule has 1 aromatic rings. The Morgan fingerprint density at radius 3 is 2.60 bits per heavy atom. The summed E-state index contributed by atoms with van der Waals surface area (Å²) in [4.78, 5) is 11.8. The molecule has 0 fully saturated rings. The van der Waals surface area contributed by atoms with Gasteiger partial charge in [0.25, 0.3) is 5.91 Å². The van der Waals surface area contributed by atoms with Gasteiger partial charge < -0.3 is 20.5 Å². The summed E-state index contributed by atoms with van der Waals surface area (Å²) in [5.74, 6) is 1.18. The molecule has 0 atom stereocenters. The molecule has 0 unspecified atom stereocenters. The maximum Gasteiger partial charge on any atom is 0.258 e. The van der Waals surface area contributed by atoms with Gasteiger partial charge in [0.2, 0.25) is 0 Å². The van der Waals surface area contributed by atoms with E-state index in [0.29, 0.717) is 24.5 Å². The van der Waals surface area contributed by atoms with E-state index in [-0.39, 0.29) is 18.1 Å². The van der Waals surface area contributed by atoms with E-state index >= 15 is 0 Å². The molecule has 1 amide bonds. The van der Waals surface area contributed by atoms with E-state index in [1.165, 1.54) is 0 Å². The summed E-state index contributed by atoms with van der Waals surface area (Å²) < 4.78 is 10.8. The predicted molar refractivity (Wildman–Crippen MR) is 79.1 cm³/mol. The van der Waals surface area contributed by atoms with Crippen molar-refractivity contribution in [1.82, 2.24) is 5.32 Å². The van der Waals surface area contributed by atoms with Gasteiger partial charge in [0.1, 0.15) is 11.5 Å². The molecule has 0 aliphatic rings. The minimum atomic E-state index is -0.269. The smallest absolute Gasteiger partial charge is 0.258 e. The van der Waals surface area contributed by atoms with Crippen molar-refractivity contribution in [2.45, 2.75) is 32.7 Å². The third-order valence-electron chi connectivity index (χ3n) is 2.56. The molecule has 112 valence electrons. The van der Waals surface area contributed by atoms with Crippen LogP contribution in [0, 0.1) is 0 Å². The number of carbonyl (C=O) groups excluding carboxylic acids is 1. The normalized spacial score (nSPS) is 11.1. The maximum atomic E-state index is 11.8. The van der Waals surface area contributed by atoms with E-state index < -0.39 is 0 Å². The second-order valence-electron chi connectivity index (χ2n) is 5.60. The highest BCUT2D eigenvalue weighted by Crippen LogP contribution is 2.25. The van der Waals surface area contributed by atoms with Crippen molar-refractivity contribution < 1.29 is 14.3 Å². The summed E-state index contributed by atoms with van der Waals surface area (Å²) in [7, 11) is 1.59. The van der Waals surface area contributed by atoms with Crippen LogP contribution in [0.1, 0.15) is 26.3 Å². The van der Waals surface area contributed by atoms with Crippen LogP contribution in [0.5, 0.6) is 11.5 Å². The van der Waals surface area contributed by atoms with Gasteiger partial charge in [-0.1, -0.05) is 6.07 Å². The van der Waals surface area contributed by atoms with Crippen LogP contribution in [0.2, 0.25) is 0 Å². The number of hydrogen-bond donors (Lipinski definition) is 2. The van der Waals surface area contributed by atoms with Gasteiger partial charge in [0.05, 0.1) is 7.11 Å². The van der Waals surface area contributed by atoms with E-state index in [4.69, 9.17) is 15.2 Å². The average Bonchev–Trinajstić information content (AvgIpc) is 2.36. The lowest BCUT2D eigenvalue weighted by Gasteiger charge is -2.21. The first-order valence-electron chi connectivity index (χ1n) is 6.66. The minimum absolute atomic E-state index is 0.0258. The lowest BCUT2D eigenvalue weighted by Crippen LogP contribution is -2.43. The number of rotatable bonds is 6. The van der Waals surface area contributed by atoms with Crippen molar-refractivity contribution >= 4 is 5.91 Å². The summed E-state index contributed by atoms with van der Waals surface area (Å²) in [6.07, 6.45) is 0.695. The number of nitrogens with one attached hydrogen (secondary N) is 1. The third kappa shape index (κ3) is 5.48. The summed E-state index contributed by atoms with van der Waals surface area (Å²) >= 11 is 0. The molecule has 20 heavy (non-hydrogen) atoms. The van der Waals surface area contributed by atoms with Crippen molar-refractivity contribution in [3.05, 3.63) is 23.8 Å². The summed E-state index contributed by atoms with van der Waals surface area (Å²) in [5.41, 5.74) is 6.27. The minimum Gasteiger partial charge on any atom is -0.497 e. The first-order valence-corrected chi connectivity index (χ1v) is 6.66. The Bertz CT molecular complexity index is 453. The predicted octanol–water partition coefficient (Wildman–Crippen LogP) is 1.49. The largest absolute Gasteiger partial charge is 0.497 e. The Kier molecular flexibility index (Phi) is 5.82. The van der Waals surface area contributed by atoms with Crippen LogP contribution >= 0.6 is 0 Å². The van der Waals surface area contributed by atoms with E-state index in [2.05, 4.69) is 5.32 Å². The number of benzene rings is 1. The zero-order chi connectivity index (χ0) is 15.2. The van der Waals surface area contributed by atoms with Gasteiger partial charge in [-0.3, -0.25) is 4.79 Å². The molecule has 0 saturated carbocycles. The monoisotopic (exact) mass is 280 g/mol. The van der Waals surface area contributed by atoms with E-state index in [1.54, 1.807) is 13.2 Å². The van der Waals surface area contributed by atoms with Crippen molar-refractivity contribution in [3.8, 4) is 11.5 Å². The molecule has 5 heteroatoms. The Labute approximate surface area is 120 Å². The fourth-order valence-corrected chi connectivity index (χ4v) is 1.76. The number of ether oxygens (including phenoxy) is 2. The van der Waals surface area contributed by atoms with Gasteiger partial charge in [0.15, 0.2) is 6.61 Å². The first-order chi connectivity index (χ1) is 9.35. The molecule has 0 saturated heterocycles. The summed E-state index contributed by atoms with van der Waals surface area (Å²) in [6.45, 7) is 6.28. The average molecular weight is 280 g/mol. The van der Waals surface area contributed by atoms with Crippen molar-refractivity contribution in [3.63, 3.8) is 0 Å². The standard InChI is InChI=1S/C15H24N2O3/c1-15(2,3)17-14(18)10-20-13-9-12(19-4)6-5-11(13)7-8-16/h5-6,9H,7-8,10,16H2,1-4H3,(H,17,18). The molecule has 0 heterocycles. The zero-order valence-electron chi connectivity index (χ0n) is 12.7. The van der Waals surface area contributed by atoms with Crippen molar-refractivity contribution in [2.24, 2.45) is 5.73 Å². The second-order valence-corrected chi connectivity index (χ2v) is 5.60. The number of methoxy groups -OCH3 is 1. The van der Waals surface area contributed by atoms with E-state index in [0.717, 1.165) is 5.56 Å². The van der Waals surface area contributed by atoms with Crippen LogP contribution in [-0.2, 0) is 11.2 Å². The summed E-state index contributed by atoms with van der Waals surface area (Å²) in [5, 5.41) is 2.85. The fourth-order valence-electron chi connectivity index (χ4n) is 1.76. The van der Waals surface area contributed by atoms with Crippen LogP contribution in [0.3, 0.4) is 0 Å². The van der Waals surface area contributed by atoms with Crippen LogP contribution in [0.15, 0.2) is 18.2 Å². The highest BCUT2D eigenvalue weighted by Gasteiger charge is 2.15. The van der Waals surface area contributed by atoms with E-state index in [1.807, 2.05) is 32.9 Å². The first kappa shape index (κ1) is 16.3. The Morgan fingerprint density at radius 2 is 2.05 bits per heavy atom. The molecule has 0 bridgehead atoms. The maximum absolute atomic E-state index is 11.8. The molecular formula is C15H24N2O3. The lowest BCUT2D eigenvalue weighted by molar-refractivity contribution is -0.124. The second kappa shape index (κ2) is 7.14. The summed E-state index contributed by atoms with van der Waals surface area (Å²) in [6, 6.07) is 5.53. The molecular weight excluding hydrogens is 256 g/mol. The number of carbonyl (C=O) groups is 1. The van der Waals surface area contributed by atoms with Gasteiger partial charge in [-0.25, -0.2) is 0 Å². The van der Waals surface area contributed by atoms with E-state index in [9.17, 15) is 4.79 Å². The molecule has 0 radical (unpaired) electrons. The van der Waals surface area contributed by atoms with Crippen LogP contribution in [0.25, 0.3) is 0 Å². The van der Waals surface area contributed by atoms with Crippen molar-refractivity contribution in [2.75, 3.05) is 20.3 Å². The molecule has 0 aromatic heterocycles. The quantitative estimate of drug-likeness (QED) is 0.828. The third-order valence-corrected chi connectivity index (χ3v) is 2.56. The number of amides is 1. The van der Waals surface area contributed by atoms with Gasteiger partial charge in [-0.2, -0.15) is 0 Å². The SMILES string of the molecule is COc1ccc(CCN)c(OCC(=O)NC(C)(C)C)c1. The van der Waals surface area contributed by atoms with Gasteiger partial charge in [-0.15, -0.1) is 0 Å². The molecule has 1 aromatic carbocycles. The fraction of sp³-hybridized carbons (Fsp3) is 0.533.